The molecule has 0 fully saturated rings. The first kappa shape index (κ1) is 16.9. The van der Waals surface area contributed by atoms with Gasteiger partial charge in [0.15, 0.2) is 0 Å². The third-order valence-corrected chi connectivity index (χ3v) is 2.65. The lowest BCUT2D eigenvalue weighted by atomic mass is 10.1. The Labute approximate surface area is 117 Å². The van der Waals surface area contributed by atoms with Crippen LogP contribution in [0.15, 0.2) is 18.2 Å². The van der Waals surface area contributed by atoms with Gasteiger partial charge in [-0.2, -0.15) is 13.2 Å². The van der Waals surface area contributed by atoms with E-state index in [9.17, 15) is 27.2 Å². The van der Waals surface area contributed by atoms with E-state index in [1.165, 1.54) is 0 Å². The minimum atomic E-state index is -4.87. The molecule has 0 radical (unpaired) electrons. The number of hydrogen-bond donors (Lipinski definition) is 2. The smallest absolute Gasteiger partial charge is 0.419 e. The summed E-state index contributed by atoms with van der Waals surface area (Å²) in [6.07, 6.45) is -4.31. The normalized spacial score (nSPS) is 11.2. The first-order valence-electron chi connectivity index (χ1n) is 6.09. The second-order valence-corrected chi connectivity index (χ2v) is 4.27. The van der Waals surface area contributed by atoms with Crippen molar-refractivity contribution in [3.05, 3.63) is 35.1 Å². The molecule has 1 aromatic rings. The molecule has 0 aliphatic heterocycles. The number of benzene rings is 1. The maximum atomic E-state index is 13.6. The van der Waals surface area contributed by atoms with E-state index >= 15 is 0 Å². The summed E-state index contributed by atoms with van der Waals surface area (Å²) < 4.78 is 51.1. The molecule has 21 heavy (non-hydrogen) atoms. The number of halogens is 4. The molecule has 0 bridgehead atoms. The molecule has 8 heteroatoms. The van der Waals surface area contributed by atoms with Gasteiger partial charge in [-0.05, 0) is 25.0 Å². The van der Waals surface area contributed by atoms with Crippen molar-refractivity contribution in [2.75, 3.05) is 6.54 Å². The quantitative estimate of drug-likeness (QED) is 0.627. The van der Waals surface area contributed by atoms with Gasteiger partial charge in [-0.3, -0.25) is 9.59 Å². The summed E-state index contributed by atoms with van der Waals surface area (Å²) in [6, 6.07) is 2.46. The number of carboxylic acid groups (broad SMARTS) is 1. The zero-order valence-electron chi connectivity index (χ0n) is 10.8. The standard InChI is InChI=1S/C13H13F4NO3/c14-11-8(4-3-5-9(11)13(15,16)17)12(21)18-7-2-1-6-10(19)20/h3-5H,1-2,6-7H2,(H,18,21)(H,19,20). The van der Waals surface area contributed by atoms with Gasteiger partial charge in [0, 0.05) is 13.0 Å². The SMILES string of the molecule is O=C(O)CCCCNC(=O)c1cccc(C(F)(F)F)c1F. The zero-order chi connectivity index (χ0) is 16.0. The highest BCUT2D eigenvalue weighted by molar-refractivity contribution is 5.94. The molecule has 0 aliphatic rings. The first-order chi connectivity index (χ1) is 9.73. The van der Waals surface area contributed by atoms with E-state index in [2.05, 4.69) is 5.32 Å². The Morgan fingerprint density at radius 3 is 2.43 bits per heavy atom. The largest absolute Gasteiger partial charge is 0.481 e. The summed E-state index contributed by atoms with van der Waals surface area (Å²) in [6.45, 7) is 0.0573. The maximum absolute atomic E-state index is 13.6. The molecule has 0 spiro atoms. The second-order valence-electron chi connectivity index (χ2n) is 4.27. The van der Waals surface area contributed by atoms with Crippen LogP contribution in [0.4, 0.5) is 17.6 Å². The molecule has 1 amide bonds. The van der Waals surface area contributed by atoms with E-state index in [4.69, 9.17) is 5.11 Å². The number of carbonyl (C=O) groups excluding carboxylic acids is 1. The lowest BCUT2D eigenvalue weighted by Crippen LogP contribution is -2.26. The van der Waals surface area contributed by atoms with E-state index in [1.807, 2.05) is 0 Å². The summed E-state index contributed by atoms with van der Waals surface area (Å²) in [5.41, 5.74) is -2.19. The Balaban J connectivity index is 2.65. The van der Waals surface area contributed by atoms with Crippen molar-refractivity contribution >= 4 is 11.9 Å². The number of carbonyl (C=O) groups is 2. The molecule has 4 nitrogen and oxygen atoms in total. The third kappa shape index (κ3) is 5.05. The van der Waals surface area contributed by atoms with Gasteiger partial charge < -0.3 is 10.4 Å². The molecule has 2 N–H and O–H groups in total. The van der Waals surface area contributed by atoms with Crippen molar-refractivity contribution in [1.82, 2.24) is 5.32 Å². The molecular weight excluding hydrogens is 294 g/mol. The van der Waals surface area contributed by atoms with Gasteiger partial charge in [0.25, 0.3) is 5.91 Å². The van der Waals surface area contributed by atoms with Crippen molar-refractivity contribution in [2.24, 2.45) is 0 Å². The van der Waals surface area contributed by atoms with Crippen LogP contribution in [-0.4, -0.2) is 23.5 Å². The number of nitrogens with one attached hydrogen (secondary N) is 1. The number of hydrogen-bond acceptors (Lipinski definition) is 2. The van der Waals surface area contributed by atoms with Crippen LogP contribution >= 0.6 is 0 Å². The van der Waals surface area contributed by atoms with Crippen LogP contribution in [-0.2, 0) is 11.0 Å². The number of alkyl halides is 3. The average molecular weight is 307 g/mol. The highest BCUT2D eigenvalue weighted by atomic mass is 19.4. The topological polar surface area (TPSA) is 66.4 Å². The van der Waals surface area contributed by atoms with Crippen LogP contribution in [0.25, 0.3) is 0 Å². The van der Waals surface area contributed by atoms with E-state index in [-0.39, 0.29) is 13.0 Å². The van der Waals surface area contributed by atoms with Gasteiger partial charge in [0.1, 0.15) is 5.82 Å². The summed E-state index contributed by atoms with van der Waals surface area (Å²) in [5, 5.41) is 10.7. The fourth-order valence-corrected chi connectivity index (χ4v) is 1.62. The van der Waals surface area contributed by atoms with Gasteiger partial charge in [-0.1, -0.05) is 6.07 Å². The van der Waals surface area contributed by atoms with E-state index < -0.39 is 35.0 Å². The van der Waals surface area contributed by atoms with Crippen LogP contribution in [0.5, 0.6) is 0 Å². The molecule has 0 heterocycles. The van der Waals surface area contributed by atoms with E-state index in [0.29, 0.717) is 18.9 Å². The highest BCUT2D eigenvalue weighted by Gasteiger charge is 2.35. The molecule has 0 aromatic heterocycles. The van der Waals surface area contributed by atoms with Crippen LogP contribution in [0, 0.1) is 5.82 Å². The van der Waals surface area contributed by atoms with Crippen molar-refractivity contribution < 1.29 is 32.3 Å². The Morgan fingerprint density at radius 2 is 1.86 bits per heavy atom. The Hall–Kier alpha value is -2.12. The van der Waals surface area contributed by atoms with Gasteiger partial charge in [-0.15, -0.1) is 0 Å². The zero-order valence-corrected chi connectivity index (χ0v) is 10.8. The van der Waals surface area contributed by atoms with E-state index in [1.54, 1.807) is 0 Å². The van der Waals surface area contributed by atoms with Crippen molar-refractivity contribution in [3.63, 3.8) is 0 Å². The van der Waals surface area contributed by atoms with Crippen LogP contribution in [0.3, 0.4) is 0 Å². The lowest BCUT2D eigenvalue weighted by molar-refractivity contribution is -0.140. The maximum Gasteiger partial charge on any atom is 0.419 e. The van der Waals surface area contributed by atoms with Gasteiger partial charge in [0.2, 0.25) is 0 Å². The van der Waals surface area contributed by atoms with Crippen LogP contribution in [0.2, 0.25) is 0 Å². The number of carboxylic acids is 1. The van der Waals surface area contributed by atoms with Gasteiger partial charge >= 0.3 is 12.1 Å². The molecule has 1 aromatic carbocycles. The van der Waals surface area contributed by atoms with Crippen molar-refractivity contribution in [3.8, 4) is 0 Å². The third-order valence-electron chi connectivity index (χ3n) is 2.65. The number of unbranched alkanes of at least 4 members (excludes halogenated alkanes) is 1. The molecule has 0 aliphatic carbocycles. The predicted octanol–water partition coefficient (Wildman–Crippen LogP) is 2.83. The second kappa shape index (κ2) is 7.05. The van der Waals surface area contributed by atoms with Crippen molar-refractivity contribution in [1.29, 1.82) is 0 Å². The fraction of sp³-hybridized carbons (Fsp3) is 0.385. The fourth-order valence-electron chi connectivity index (χ4n) is 1.62. The Bertz CT molecular complexity index is 529. The molecule has 1 rings (SSSR count). The number of rotatable bonds is 6. The lowest BCUT2D eigenvalue weighted by Gasteiger charge is -2.11. The Kier molecular flexibility index (Phi) is 5.69. The summed E-state index contributed by atoms with van der Waals surface area (Å²) >= 11 is 0. The molecule has 0 saturated carbocycles. The van der Waals surface area contributed by atoms with Crippen LogP contribution < -0.4 is 5.32 Å². The van der Waals surface area contributed by atoms with Gasteiger partial charge in [-0.25, -0.2) is 4.39 Å². The summed E-state index contributed by atoms with van der Waals surface area (Å²) in [7, 11) is 0. The average Bonchev–Trinajstić information content (AvgIpc) is 2.36. The molecule has 0 atom stereocenters. The number of aliphatic carboxylic acids is 1. The summed E-state index contributed by atoms with van der Waals surface area (Å²) in [4.78, 5) is 21.9. The highest BCUT2D eigenvalue weighted by Crippen LogP contribution is 2.32. The molecular formula is C13H13F4NO3. The van der Waals surface area contributed by atoms with Crippen LogP contribution in [0.1, 0.15) is 35.2 Å². The minimum Gasteiger partial charge on any atom is -0.481 e. The van der Waals surface area contributed by atoms with Gasteiger partial charge in [0.05, 0.1) is 11.1 Å². The number of amides is 1. The molecule has 0 saturated heterocycles. The minimum absolute atomic E-state index is 0.0573. The first-order valence-corrected chi connectivity index (χ1v) is 6.09. The summed E-state index contributed by atoms with van der Waals surface area (Å²) in [5.74, 6) is -3.56. The predicted molar refractivity (Wildman–Crippen MR) is 65.2 cm³/mol. The molecule has 0 unspecified atom stereocenters. The molecule has 116 valence electrons. The monoisotopic (exact) mass is 307 g/mol. The van der Waals surface area contributed by atoms with E-state index in [0.717, 1.165) is 12.1 Å². The van der Waals surface area contributed by atoms with Crippen molar-refractivity contribution in [2.45, 2.75) is 25.4 Å². The Morgan fingerprint density at radius 1 is 1.19 bits per heavy atom.